The van der Waals surface area contributed by atoms with E-state index in [1.165, 1.54) is 38.8 Å². The van der Waals surface area contributed by atoms with Crippen LogP contribution in [0.25, 0.3) is 0 Å². The molecule has 1 unspecified atom stereocenters. The summed E-state index contributed by atoms with van der Waals surface area (Å²) >= 11 is 0. The highest BCUT2D eigenvalue weighted by Gasteiger charge is 2.22. The highest BCUT2D eigenvalue weighted by molar-refractivity contribution is 5.93. The molecule has 0 aliphatic carbocycles. The highest BCUT2D eigenvalue weighted by atomic mass is 16.1. The van der Waals surface area contributed by atoms with Gasteiger partial charge in [-0.1, -0.05) is 38.8 Å². The Morgan fingerprint density at radius 1 is 1.07 bits per heavy atom. The summed E-state index contributed by atoms with van der Waals surface area (Å²) in [7, 11) is 3.45. The summed E-state index contributed by atoms with van der Waals surface area (Å²) in [6.07, 6.45) is 5.33. The van der Waals surface area contributed by atoms with Gasteiger partial charge in [-0.25, -0.2) is 0 Å². The lowest BCUT2D eigenvalue weighted by atomic mass is 10.0. The van der Waals surface area contributed by atoms with E-state index in [0.717, 1.165) is 18.1 Å². The van der Waals surface area contributed by atoms with Gasteiger partial charge in [-0.15, -0.1) is 0 Å². The second kappa shape index (κ2) is 11.7. The summed E-state index contributed by atoms with van der Waals surface area (Å²) in [6.45, 7) is 8.59. The number of aliphatic imine (C=N–C) groups is 1. The maximum absolute atomic E-state index is 11.6. The molecule has 2 rings (SSSR count). The van der Waals surface area contributed by atoms with E-state index in [-0.39, 0.29) is 5.91 Å². The fourth-order valence-corrected chi connectivity index (χ4v) is 3.74. The minimum atomic E-state index is -0.0646. The van der Waals surface area contributed by atoms with Crippen LogP contribution in [0.5, 0.6) is 0 Å². The van der Waals surface area contributed by atoms with Crippen molar-refractivity contribution >= 4 is 11.9 Å². The van der Waals surface area contributed by atoms with Gasteiger partial charge < -0.3 is 16.0 Å². The van der Waals surface area contributed by atoms with Gasteiger partial charge in [-0.3, -0.25) is 14.7 Å². The smallest absolute Gasteiger partial charge is 0.251 e. The molecule has 1 amide bonds. The van der Waals surface area contributed by atoms with Crippen LogP contribution in [0.3, 0.4) is 0 Å². The van der Waals surface area contributed by atoms with E-state index in [1.807, 2.05) is 24.3 Å². The van der Waals surface area contributed by atoms with Gasteiger partial charge in [-0.05, 0) is 49.5 Å². The molecule has 1 saturated heterocycles. The zero-order valence-electron chi connectivity index (χ0n) is 17.9. The van der Waals surface area contributed by atoms with Gasteiger partial charge in [0.1, 0.15) is 0 Å². The van der Waals surface area contributed by atoms with E-state index in [0.29, 0.717) is 24.1 Å². The summed E-state index contributed by atoms with van der Waals surface area (Å²) in [6, 6.07) is 8.15. The number of nitrogens with one attached hydrogen (secondary N) is 3. The van der Waals surface area contributed by atoms with Crippen molar-refractivity contribution in [2.24, 2.45) is 10.9 Å². The second-order valence-electron chi connectivity index (χ2n) is 7.84. The van der Waals surface area contributed by atoms with Crippen LogP contribution in [0.4, 0.5) is 0 Å². The van der Waals surface area contributed by atoms with Crippen molar-refractivity contribution < 1.29 is 4.79 Å². The number of carbonyl (C=O) groups excluding carboxylic acids is 1. The maximum atomic E-state index is 11.6. The SMILES string of the molecule is CN=C(NCc1ccc(C(=O)NC)cc1)NCC(C(C)C)N1CCCCCC1. The molecule has 1 aliphatic heterocycles. The molecule has 0 bridgehead atoms. The molecule has 0 saturated carbocycles. The van der Waals surface area contributed by atoms with Crippen molar-refractivity contribution in [1.82, 2.24) is 20.9 Å². The van der Waals surface area contributed by atoms with Gasteiger partial charge in [0, 0.05) is 38.8 Å². The summed E-state index contributed by atoms with van der Waals surface area (Å²) < 4.78 is 0. The Kier molecular flexibility index (Phi) is 9.28. The molecule has 1 aromatic rings. The van der Waals surface area contributed by atoms with Crippen molar-refractivity contribution in [2.75, 3.05) is 33.7 Å². The number of guanidine groups is 1. The molecule has 1 heterocycles. The first-order valence-electron chi connectivity index (χ1n) is 10.5. The average Bonchev–Trinajstić information content (AvgIpc) is 2.99. The number of benzene rings is 1. The van der Waals surface area contributed by atoms with Crippen LogP contribution < -0.4 is 16.0 Å². The first kappa shape index (κ1) is 22.2. The Hall–Kier alpha value is -2.08. The summed E-state index contributed by atoms with van der Waals surface area (Å²) in [5.74, 6) is 1.35. The monoisotopic (exact) mass is 387 g/mol. The molecular weight excluding hydrogens is 350 g/mol. The lowest BCUT2D eigenvalue weighted by Gasteiger charge is -2.34. The van der Waals surface area contributed by atoms with Gasteiger partial charge in [0.15, 0.2) is 5.96 Å². The number of hydrogen-bond donors (Lipinski definition) is 3. The molecule has 1 atom stereocenters. The van der Waals surface area contributed by atoms with Crippen LogP contribution in [-0.4, -0.2) is 56.5 Å². The fraction of sp³-hybridized carbons (Fsp3) is 0.636. The lowest BCUT2D eigenvalue weighted by molar-refractivity contribution is 0.0963. The van der Waals surface area contributed by atoms with Crippen molar-refractivity contribution in [2.45, 2.75) is 52.1 Å². The van der Waals surface area contributed by atoms with Crippen molar-refractivity contribution in [3.8, 4) is 0 Å². The summed E-state index contributed by atoms with van der Waals surface area (Å²) in [5.41, 5.74) is 1.79. The average molecular weight is 388 g/mol. The Morgan fingerprint density at radius 2 is 1.71 bits per heavy atom. The molecule has 0 spiro atoms. The maximum Gasteiger partial charge on any atom is 0.251 e. The highest BCUT2D eigenvalue weighted by Crippen LogP contribution is 2.17. The predicted molar refractivity (Wildman–Crippen MR) is 117 cm³/mol. The third-order valence-corrected chi connectivity index (χ3v) is 5.48. The van der Waals surface area contributed by atoms with E-state index in [2.05, 4.69) is 39.7 Å². The number of hydrogen-bond acceptors (Lipinski definition) is 3. The van der Waals surface area contributed by atoms with Crippen molar-refractivity contribution in [1.29, 1.82) is 0 Å². The Morgan fingerprint density at radius 3 is 2.25 bits per heavy atom. The molecule has 6 heteroatoms. The molecule has 0 radical (unpaired) electrons. The molecule has 156 valence electrons. The van der Waals surface area contributed by atoms with E-state index < -0.39 is 0 Å². The van der Waals surface area contributed by atoms with E-state index in [4.69, 9.17) is 0 Å². The topological polar surface area (TPSA) is 68.8 Å². The molecule has 1 fully saturated rings. The molecule has 1 aromatic carbocycles. The molecule has 1 aliphatic rings. The lowest BCUT2D eigenvalue weighted by Crippen LogP contribution is -2.49. The van der Waals surface area contributed by atoms with E-state index >= 15 is 0 Å². The molecule has 6 nitrogen and oxygen atoms in total. The normalized spacial score (nSPS) is 17.1. The minimum absolute atomic E-state index is 0.0646. The third-order valence-electron chi connectivity index (χ3n) is 5.48. The molecule has 28 heavy (non-hydrogen) atoms. The number of carbonyl (C=O) groups is 1. The second-order valence-corrected chi connectivity index (χ2v) is 7.84. The molecule has 0 aromatic heterocycles. The quantitative estimate of drug-likeness (QED) is 0.497. The van der Waals surface area contributed by atoms with Gasteiger partial charge in [-0.2, -0.15) is 0 Å². The minimum Gasteiger partial charge on any atom is -0.355 e. The van der Waals surface area contributed by atoms with Crippen LogP contribution in [0.1, 0.15) is 55.5 Å². The number of rotatable bonds is 7. The van der Waals surface area contributed by atoms with Gasteiger partial charge >= 0.3 is 0 Å². The van der Waals surface area contributed by atoms with Crippen molar-refractivity contribution in [3.05, 3.63) is 35.4 Å². The summed E-state index contributed by atoms with van der Waals surface area (Å²) in [5, 5.41) is 9.53. The Balaban J connectivity index is 1.86. The third kappa shape index (κ3) is 6.82. The van der Waals surface area contributed by atoms with Crippen LogP contribution in [-0.2, 0) is 6.54 Å². The van der Waals surface area contributed by atoms with Gasteiger partial charge in [0.05, 0.1) is 0 Å². The van der Waals surface area contributed by atoms with Gasteiger partial charge in [0.25, 0.3) is 5.91 Å². The first-order valence-corrected chi connectivity index (χ1v) is 10.5. The molecule has 3 N–H and O–H groups in total. The largest absolute Gasteiger partial charge is 0.355 e. The number of likely N-dealkylation sites (tertiary alicyclic amines) is 1. The van der Waals surface area contributed by atoms with Crippen molar-refractivity contribution in [3.63, 3.8) is 0 Å². The zero-order chi connectivity index (χ0) is 20.4. The first-order chi connectivity index (χ1) is 13.5. The standard InChI is InChI=1S/C22H37N5O/c1-17(2)20(27-13-7-5-6-8-14-27)16-26-22(24-4)25-15-18-9-11-19(12-10-18)21(28)23-3/h9-12,17,20H,5-8,13-16H2,1-4H3,(H,23,28)(H2,24,25,26). The predicted octanol–water partition coefficient (Wildman–Crippen LogP) is 2.61. The number of nitrogens with zero attached hydrogens (tertiary/aromatic N) is 2. The summed E-state index contributed by atoms with van der Waals surface area (Å²) in [4.78, 5) is 18.7. The Bertz CT molecular complexity index is 618. The zero-order valence-corrected chi connectivity index (χ0v) is 17.9. The van der Waals surface area contributed by atoms with Gasteiger partial charge in [0.2, 0.25) is 0 Å². The van der Waals surface area contributed by atoms with E-state index in [1.54, 1.807) is 14.1 Å². The van der Waals surface area contributed by atoms with Crippen LogP contribution in [0, 0.1) is 5.92 Å². The Labute approximate surface area is 170 Å². The van der Waals surface area contributed by atoms with Crippen LogP contribution in [0.2, 0.25) is 0 Å². The van der Waals surface area contributed by atoms with Crippen LogP contribution in [0.15, 0.2) is 29.3 Å². The van der Waals surface area contributed by atoms with Crippen LogP contribution >= 0.6 is 0 Å². The number of amides is 1. The van der Waals surface area contributed by atoms with E-state index in [9.17, 15) is 4.79 Å². The fourth-order valence-electron chi connectivity index (χ4n) is 3.74. The molecular formula is C22H37N5O.